The van der Waals surface area contributed by atoms with Crippen LogP contribution in [0, 0.1) is 5.92 Å². The van der Waals surface area contributed by atoms with Crippen molar-refractivity contribution in [2.75, 3.05) is 0 Å². The van der Waals surface area contributed by atoms with E-state index in [0.717, 1.165) is 25.7 Å². The van der Waals surface area contributed by atoms with Gasteiger partial charge in [-0.2, -0.15) is 0 Å². The number of nitrogens with two attached hydrogens (primary N) is 1. The second-order valence-electron chi connectivity index (χ2n) is 5.32. The van der Waals surface area contributed by atoms with E-state index in [2.05, 4.69) is 16.6 Å². The van der Waals surface area contributed by atoms with Crippen molar-refractivity contribution in [1.82, 2.24) is 9.71 Å². The zero-order valence-corrected chi connectivity index (χ0v) is 13.0. The Balaban J connectivity index is 2.08. The van der Waals surface area contributed by atoms with E-state index in [1.165, 1.54) is 18.3 Å². The number of sulfonamides is 1. The lowest BCUT2D eigenvalue weighted by molar-refractivity contribution is 0.332. The molecular weight excluding hydrogens is 294 g/mol. The molecule has 0 saturated heterocycles. The smallest absolute Gasteiger partial charge is 0.242 e. The maximum Gasteiger partial charge on any atom is 0.242 e. The minimum absolute atomic E-state index is 0.0199. The van der Waals surface area contributed by atoms with Crippen molar-refractivity contribution in [3.05, 3.63) is 24.0 Å². The maximum absolute atomic E-state index is 12.2. The molecule has 0 spiro atoms. The van der Waals surface area contributed by atoms with Crippen LogP contribution >= 0.6 is 12.2 Å². The second kappa shape index (κ2) is 6.15. The molecule has 0 aromatic carbocycles. The van der Waals surface area contributed by atoms with Crippen molar-refractivity contribution >= 4 is 27.2 Å². The second-order valence-corrected chi connectivity index (χ2v) is 7.48. The van der Waals surface area contributed by atoms with Gasteiger partial charge in [0.15, 0.2) is 0 Å². The number of nitrogens with one attached hydrogen (secondary N) is 1. The third-order valence-electron chi connectivity index (χ3n) is 3.64. The molecular formula is C13H19N3O2S2. The molecule has 1 aromatic rings. The predicted molar refractivity (Wildman–Crippen MR) is 81.9 cm³/mol. The lowest BCUT2D eigenvalue weighted by Gasteiger charge is -2.26. The fraction of sp³-hybridized carbons (Fsp3) is 0.538. The zero-order valence-electron chi connectivity index (χ0n) is 11.4. The van der Waals surface area contributed by atoms with E-state index in [1.54, 1.807) is 0 Å². The van der Waals surface area contributed by atoms with Crippen molar-refractivity contribution in [3.8, 4) is 0 Å². The Morgan fingerprint density at radius 2 is 2.00 bits per heavy atom. The van der Waals surface area contributed by atoms with Gasteiger partial charge in [-0.3, -0.25) is 4.98 Å². The number of rotatable bonds is 4. The summed E-state index contributed by atoms with van der Waals surface area (Å²) in [6.45, 7) is 2.20. The van der Waals surface area contributed by atoms with Gasteiger partial charge in [0.05, 0.1) is 5.69 Å². The minimum atomic E-state index is -3.52. The Labute approximate surface area is 125 Å². The molecule has 0 atom stereocenters. The topological polar surface area (TPSA) is 85.1 Å². The van der Waals surface area contributed by atoms with Gasteiger partial charge in [-0.15, -0.1) is 0 Å². The van der Waals surface area contributed by atoms with E-state index in [-0.39, 0.29) is 15.9 Å². The first-order valence-electron chi connectivity index (χ1n) is 6.66. The molecule has 0 radical (unpaired) electrons. The summed E-state index contributed by atoms with van der Waals surface area (Å²) in [7, 11) is -3.52. The summed E-state index contributed by atoms with van der Waals surface area (Å²) < 4.78 is 27.2. The van der Waals surface area contributed by atoms with Crippen LogP contribution in [-0.2, 0) is 10.0 Å². The average molecular weight is 313 g/mol. The normalized spacial score (nSPS) is 23.4. The molecule has 1 fully saturated rings. The molecule has 0 bridgehead atoms. The molecule has 7 heteroatoms. The van der Waals surface area contributed by atoms with Crippen LogP contribution in [0.15, 0.2) is 23.2 Å². The molecule has 1 aliphatic carbocycles. The first-order valence-corrected chi connectivity index (χ1v) is 8.56. The number of hydrogen-bond donors (Lipinski definition) is 2. The van der Waals surface area contributed by atoms with Crippen LogP contribution < -0.4 is 10.5 Å². The van der Waals surface area contributed by atoms with Crippen molar-refractivity contribution < 1.29 is 8.42 Å². The molecule has 1 heterocycles. The SMILES string of the molecule is CC1CCC(NS(=O)(=O)c2ccc(C(N)=S)nc2)CC1. The van der Waals surface area contributed by atoms with E-state index >= 15 is 0 Å². The van der Waals surface area contributed by atoms with E-state index in [4.69, 9.17) is 18.0 Å². The molecule has 110 valence electrons. The molecule has 1 saturated carbocycles. The van der Waals surface area contributed by atoms with E-state index in [1.807, 2.05) is 0 Å². The Morgan fingerprint density at radius 3 is 2.50 bits per heavy atom. The van der Waals surface area contributed by atoms with Gasteiger partial charge in [-0.05, 0) is 43.7 Å². The summed E-state index contributed by atoms with van der Waals surface area (Å²) in [5, 5.41) is 0. The van der Waals surface area contributed by atoms with Gasteiger partial charge in [0.25, 0.3) is 0 Å². The van der Waals surface area contributed by atoms with Crippen LogP contribution in [0.4, 0.5) is 0 Å². The minimum Gasteiger partial charge on any atom is -0.388 e. The highest BCUT2D eigenvalue weighted by molar-refractivity contribution is 7.89. The first kappa shape index (κ1) is 15.3. The van der Waals surface area contributed by atoms with Gasteiger partial charge in [-0.1, -0.05) is 19.1 Å². The average Bonchev–Trinajstić information content (AvgIpc) is 2.41. The van der Waals surface area contributed by atoms with Crippen molar-refractivity contribution in [2.24, 2.45) is 11.7 Å². The summed E-state index contributed by atoms with van der Waals surface area (Å²) in [6, 6.07) is 3.03. The third kappa shape index (κ3) is 3.74. The van der Waals surface area contributed by atoms with Gasteiger partial charge >= 0.3 is 0 Å². The van der Waals surface area contributed by atoms with Gasteiger partial charge in [-0.25, -0.2) is 13.1 Å². The Bertz CT molecular complexity index is 576. The molecule has 1 aromatic heterocycles. The standard InChI is InChI=1S/C13H19N3O2S2/c1-9-2-4-10(5-3-9)16-20(17,18)11-6-7-12(13(14)19)15-8-11/h6-10,16H,2-5H2,1H3,(H2,14,19). The van der Waals surface area contributed by atoms with Gasteiger partial charge < -0.3 is 5.73 Å². The number of aromatic nitrogens is 1. The molecule has 0 amide bonds. The van der Waals surface area contributed by atoms with E-state index in [0.29, 0.717) is 11.6 Å². The fourth-order valence-electron chi connectivity index (χ4n) is 2.35. The number of thiocarbonyl (C=S) groups is 1. The summed E-state index contributed by atoms with van der Waals surface area (Å²) in [6.07, 6.45) is 5.19. The zero-order chi connectivity index (χ0) is 14.8. The van der Waals surface area contributed by atoms with Crippen LogP contribution in [0.25, 0.3) is 0 Å². The lowest BCUT2D eigenvalue weighted by atomic mass is 9.88. The number of hydrogen-bond acceptors (Lipinski definition) is 4. The number of pyridine rings is 1. The molecule has 0 unspecified atom stereocenters. The lowest BCUT2D eigenvalue weighted by Crippen LogP contribution is -2.37. The summed E-state index contributed by atoms with van der Waals surface area (Å²) in [5.74, 6) is 0.683. The highest BCUT2D eigenvalue weighted by Crippen LogP contribution is 2.24. The summed E-state index contributed by atoms with van der Waals surface area (Å²) >= 11 is 4.79. The van der Waals surface area contributed by atoms with Crippen LogP contribution in [0.1, 0.15) is 38.3 Å². The molecule has 0 aliphatic heterocycles. The van der Waals surface area contributed by atoms with Crippen LogP contribution in [0.5, 0.6) is 0 Å². The molecule has 1 aliphatic rings. The summed E-state index contributed by atoms with van der Waals surface area (Å²) in [4.78, 5) is 4.27. The Morgan fingerprint density at radius 1 is 1.35 bits per heavy atom. The van der Waals surface area contributed by atoms with Crippen molar-refractivity contribution in [2.45, 2.75) is 43.5 Å². The Hall–Kier alpha value is -1.05. The fourth-order valence-corrected chi connectivity index (χ4v) is 3.72. The predicted octanol–water partition coefficient (Wildman–Crippen LogP) is 1.57. The van der Waals surface area contributed by atoms with Gasteiger partial charge in [0.2, 0.25) is 10.0 Å². The van der Waals surface area contributed by atoms with Gasteiger partial charge in [0, 0.05) is 12.2 Å². The largest absolute Gasteiger partial charge is 0.388 e. The van der Waals surface area contributed by atoms with Crippen LogP contribution in [-0.4, -0.2) is 24.4 Å². The van der Waals surface area contributed by atoms with Crippen molar-refractivity contribution in [1.29, 1.82) is 0 Å². The third-order valence-corrected chi connectivity index (χ3v) is 5.35. The monoisotopic (exact) mass is 313 g/mol. The Kier molecular flexibility index (Phi) is 4.72. The van der Waals surface area contributed by atoms with Gasteiger partial charge in [0.1, 0.15) is 9.88 Å². The van der Waals surface area contributed by atoms with E-state index < -0.39 is 10.0 Å². The highest BCUT2D eigenvalue weighted by Gasteiger charge is 2.24. The molecule has 20 heavy (non-hydrogen) atoms. The summed E-state index contributed by atoms with van der Waals surface area (Å²) in [5.41, 5.74) is 5.86. The number of nitrogens with zero attached hydrogens (tertiary/aromatic N) is 1. The van der Waals surface area contributed by atoms with E-state index in [9.17, 15) is 8.42 Å². The molecule has 2 rings (SSSR count). The molecule has 3 N–H and O–H groups in total. The first-order chi connectivity index (χ1) is 9.38. The van der Waals surface area contributed by atoms with Crippen LogP contribution in [0.3, 0.4) is 0 Å². The highest BCUT2D eigenvalue weighted by atomic mass is 32.2. The van der Waals surface area contributed by atoms with Crippen molar-refractivity contribution in [3.63, 3.8) is 0 Å². The van der Waals surface area contributed by atoms with Crippen LogP contribution in [0.2, 0.25) is 0 Å². The quantitative estimate of drug-likeness (QED) is 0.824. The maximum atomic E-state index is 12.2. The molecule has 5 nitrogen and oxygen atoms in total.